The quantitative estimate of drug-likeness (QED) is 0.383. The van der Waals surface area contributed by atoms with Gasteiger partial charge in [0.2, 0.25) is 5.91 Å². The molecule has 2 fully saturated rings. The summed E-state index contributed by atoms with van der Waals surface area (Å²) in [6.07, 6.45) is 1.64. The van der Waals surface area contributed by atoms with Gasteiger partial charge in [0.15, 0.2) is 11.5 Å². The molecule has 0 aliphatic carbocycles. The minimum absolute atomic E-state index is 0.229. The number of methoxy groups -OCH3 is 1. The van der Waals surface area contributed by atoms with Crippen molar-refractivity contribution in [3.8, 4) is 11.5 Å². The second kappa shape index (κ2) is 12.1. The van der Waals surface area contributed by atoms with Crippen LogP contribution in [0.1, 0.15) is 11.1 Å². The van der Waals surface area contributed by atoms with Crippen molar-refractivity contribution >= 4 is 40.6 Å². The molecule has 2 heterocycles. The fraction of sp³-hybridized carbons (Fsp3) is 0.233. The number of para-hydroxylation sites is 1. The third kappa shape index (κ3) is 6.26. The number of imide groups is 1. The third-order valence-corrected chi connectivity index (χ3v) is 7.55. The number of hydrogen-bond donors (Lipinski definition) is 0. The van der Waals surface area contributed by atoms with Crippen LogP contribution in [0.3, 0.4) is 0 Å². The Morgan fingerprint density at radius 1 is 0.897 bits per heavy atom. The standard InChI is InChI=1S/C30H29N3O5S/c1-37-26-18-23(12-13-25(26)38-21-22-8-4-2-5-9-22)19-27-29(35)33(30(36)39-27)20-28(34)32-16-14-31(15-17-32)24-10-6-3-7-11-24/h2-13,18-19H,14-17,20-21H2,1H3/b27-19+. The molecule has 2 aliphatic heterocycles. The highest BCUT2D eigenvalue weighted by molar-refractivity contribution is 8.18. The van der Waals surface area contributed by atoms with Gasteiger partial charge in [-0.3, -0.25) is 19.3 Å². The van der Waals surface area contributed by atoms with E-state index in [0.29, 0.717) is 49.8 Å². The Bertz CT molecular complexity index is 1370. The van der Waals surface area contributed by atoms with Crippen LogP contribution < -0.4 is 14.4 Å². The van der Waals surface area contributed by atoms with Gasteiger partial charge < -0.3 is 19.3 Å². The first-order valence-electron chi connectivity index (χ1n) is 12.7. The number of amides is 3. The van der Waals surface area contributed by atoms with E-state index in [0.717, 1.165) is 27.9 Å². The van der Waals surface area contributed by atoms with Gasteiger partial charge in [0.25, 0.3) is 11.1 Å². The molecule has 0 unspecified atom stereocenters. The summed E-state index contributed by atoms with van der Waals surface area (Å²) < 4.78 is 11.4. The lowest BCUT2D eigenvalue weighted by Gasteiger charge is -2.36. The number of anilines is 1. The molecule has 0 bridgehead atoms. The summed E-state index contributed by atoms with van der Waals surface area (Å²) in [5.41, 5.74) is 2.84. The van der Waals surface area contributed by atoms with Crippen molar-refractivity contribution in [3.63, 3.8) is 0 Å². The predicted octanol–water partition coefficient (Wildman–Crippen LogP) is 4.66. The number of thioether (sulfide) groups is 1. The monoisotopic (exact) mass is 543 g/mol. The number of piperazine rings is 1. The zero-order chi connectivity index (χ0) is 27.2. The predicted molar refractivity (Wildman–Crippen MR) is 152 cm³/mol. The lowest BCUT2D eigenvalue weighted by molar-refractivity contribution is -0.136. The number of nitrogens with zero attached hydrogens (tertiary/aromatic N) is 3. The second-order valence-corrected chi connectivity index (χ2v) is 10.1. The number of rotatable bonds is 8. The van der Waals surface area contributed by atoms with Gasteiger partial charge in [-0.05, 0) is 53.2 Å². The van der Waals surface area contributed by atoms with Crippen molar-refractivity contribution in [3.05, 3.63) is 94.9 Å². The topological polar surface area (TPSA) is 79.4 Å². The highest BCUT2D eigenvalue weighted by Gasteiger charge is 2.37. The lowest BCUT2D eigenvalue weighted by atomic mass is 10.1. The molecule has 0 aromatic heterocycles. The number of carbonyl (C=O) groups excluding carboxylic acids is 3. The van der Waals surface area contributed by atoms with E-state index >= 15 is 0 Å². The van der Waals surface area contributed by atoms with Crippen LogP contribution in [0.4, 0.5) is 10.5 Å². The molecular formula is C30H29N3O5S. The molecule has 0 radical (unpaired) electrons. The zero-order valence-electron chi connectivity index (χ0n) is 21.6. The highest BCUT2D eigenvalue weighted by atomic mass is 32.2. The molecule has 2 saturated heterocycles. The van der Waals surface area contributed by atoms with Gasteiger partial charge in [-0.2, -0.15) is 0 Å². The molecule has 0 saturated carbocycles. The first-order chi connectivity index (χ1) is 19.0. The summed E-state index contributed by atoms with van der Waals surface area (Å²) in [5.74, 6) is 0.394. The maximum Gasteiger partial charge on any atom is 0.294 e. The fourth-order valence-electron chi connectivity index (χ4n) is 4.50. The molecule has 3 aromatic carbocycles. The summed E-state index contributed by atoms with van der Waals surface area (Å²) in [5, 5.41) is -0.447. The molecule has 0 atom stereocenters. The van der Waals surface area contributed by atoms with Crippen LogP contribution in [0.15, 0.2) is 83.8 Å². The molecule has 200 valence electrons. The van der Waals surface area contributed by atoms with Gasteiger partial charge in [-0.15, -0.1) is 0 Å². The Hall–Kier alpha value is -4.24. The summed E-state index contributed by atoms with van der Waals surface area (Å²) in [4.78, 5) is 43.8. The first kappa shape index (κ1) is 26.4. The van der Waals surface area contributed by atoms with E-state index in [1.165, 1.54) is 0 Å². The van der Waals surface area contributed by atoms with Crippen LogP contribution in [0.5, 0.6) is 11.5 Å². The smallest absolute Gasteiger partial charge is 0.294 e. The third-order valence-electron chi connectivity index (χ3n) is 6.64. The Morgan fingerprint density at radius 3 is 2.28 bits per heavy atom. The van der Waals surface area contributed by atoms with E-state index in [1.54, 1.807) is 36.3 Å². The second-order valence-electron chi connectivity index (χ2n) is 9.16. The summed E-state index contributed by atoms with van der Waals surface area (Å²) in [6.45, 7) is 2.61. The van der Waals surface area contributed by atoms with Crippen molar-refractivity contribution in [2.24, 2.45) is 0 Å². The van der Waals surface area contributed by atoms with Gasteiger partial charge >= 0.3 is 0 Å². The molecule has 39 heavy (non-hydrogen) atoms. The number of ether oxygens (including phenoxy) is 2. The molecule has 5 rings (SSSR count). The van der Waals surface area contributed by atoms with E-state index in [1.807, 2.05) is 60.7 Å². The SMILES string of the molecule is COc1cc(/C=C2/SC(=O)N(CC(=O)N3CCN(c4ccccc4)CC3)C2=O)ccc1OCc1ccccc1. The van der Waals surface area contributed by atoms with Gasteiger partial charge in [-0.25, -0.2) is 0 Å². The van der Waals surface area contributed by atoms with Crippen LogP contribution in [0.25, 0.3) is 6.08 Å². The summed E-state index contributed by atoms with van der Waals surface area (Å²) >= 11 is 0.836. The number of benzene rings is 3. The average molecular weight is 544 g/mol. The first-order valence-corrected chi connectivity index (χ1v) is 13.5. The van der Waals surface area contributed by atoms with Crippen molar-refractivity contribution in [1.29, 1.82) is 0 Å². The molecule has 3 aromatic rings. The Kier molecular flexibility index (Phi) is 8.17. The van der Waals surface area contributed by atoms with Gasteiger partial charge in [0.1, 0.15) is 13.2 Å². The lowest BCUT2D eigenvalue weighted by Crippen LogP contribution is -2.51. The number of hydrogen-bond acceptors (Lipinski definition) is 7. The summed E-state index contributed by atoms with van der Waals surface area (Å²) in [6, 6.07) is 25.2. The van der Waals surface area contributed by atoms with E-state index < -0.39 is 11.1 Å². The van der Waals surface area contributed by atoms with Crippen molar-refractivity contribution in [2.45, 2.75) is 6.61 Å². The van der Waals surface area contributed by atoms with E-state index in [2.05, 4.69) is 4.90 Å². The van der Waals surface area contributed by atoms with E-state index in [-0.39, 0.29) is 17.4 Å². The summed E-state index contributed by atoms with van der Waals surface area (Å²) in [7, 11) is 1.55. The van der Waals surface area contributed by atoms with Crippen molar-refractivity contribution in [1.82, 2.24) is 9.80 Å². The largest absolute Gasteiger partial charge is 0.493 e. The fourth-order valence-corrected chi connectivity index (χ4v) is 5.34. The van der Waals surface area contributed by atoms with Crippen molar-refractivity contribution in [2.75, 3.05) is 44.7 Å². The van der Waals surface area contributed by atoms with Crippen LogP contribution >= 0.6 is 11.8 Å². The molecule has 2 aliphatic rings. The Morgan fingerprint density at radius 2 is 1.59 bits per heavy atom. The molecule has 8 nitrogen and oxygen atoms in total. The van der Waals surface area contributed by atoms with Crippen LogP contribution in [-0.2, 0) is 16.2 Å². The van der Waals surface area contributed by atoms with E-state index in [9.17, 15) is 14.4 Å². The van der Waals surface area contributed by atoms with E-state index in [4.69, 9.17) is 9.47 Å². The van der Waals surface area contributed by atoms with Gasteiger partial charge in [-0.1, -0.05) is 54.6 Å². The number of carbonyl (C=O) groups is 3. The minimum atomic E-state index is -0.468. The van der Waals surface area contributed by atoms with Gasteiger partial charge in [0, 0.05) is 31.9 Å². The normalized spacial score (nSPS) is 16.6. The molecule has 3 amide bonds. The van der Waals surface area contributed by atoms with Crippen molar-refractivity contribution < 1.29 is 23.9 Å². The molecule has 0 spiro atoms. The molecular weight excluding hydrogens is 514 g/mol. The maximum absolute atomic E-state index is 13.0. The maximum atomic E-state index is 13.0. The highest BCUT2D eigenvalue weighted by Crippen LogP contribution is 2.35. The molecule has 9 heteroatoms. The van der Waals surface area contributed by atoms with Crippen LogP contribution in [0.2, 0.25) is 0 Å². The Balaban J connectivity index is 1.19. The zero-order valence-corrected chi connectivity index (χ0v) is 22.4. The molecule has 0 N–H and O–H groups in total. The van der Waals surface area contributed by atoms with Gasteiger partial charge in [0.05, 0.1) is 12.0 Å². The minimum Gasteiger partial charge on any atom is -0.493 e. The average Bonchev–Trinajstić information content (AvgIpc) is 3.24. The van der Waals surface area contributed by atoms with Crippen LogP contribution in [0, 0.1) is 0 Å². The Labute approximate surface area is 231 Å². The van der Waals surface area contributed by atoms with Crippen LogP contribution in [-0.4, -0.2) is 66.7 Å².